The molecule has 0 aliphatic heterocycles. The lowest BCUT2D eigenvalue weighted by Gasteiger charge is -2.17. The Labute approximate surface area is 87.4 Å². The predicted octanol–water partition coefficient (Wildman–Crippen LogP) is 2.49. The fourth-order valence-corrected chi connectivity index (χ4v) is 0.452. The summed E-state index contributed by atoms with van der Waals surface area (Å²) in [6.45, 7) is 11.8. The number of nitrogens with zero attached hydrogens (tertiary/aromatic N) is 1. The molecule has 0 unspecified atom stereocenters. The van der Waals surface area contributed by atoms with Crippen molar-refractivity contribution in [1.29, 1.82) is 0 Å². The molecule has 0 fully saturated rings. The zero-order valence-electron chi connectivity index (χ0n) is 9.66. The molecule has 0 atom stereocenters. The number of hydrogen-bond acceptors (Lipinski definition) is 2. The first-order valence-electron chi connectivity index (χ1n) is 4.57. The van der Waals surface area contributed by atoms with Gasteiger partial charge in [-0.05, 0) is 33.8 Å². The number of aliphatic imine (C=N–C) groups is 1. The smallest absolute Gasteiger partial charge is 0.0852 e. The number of rotatable bonds is 3. The van der Waals surface area contributed by atoms with Crippen LogP contribution in [0.2, 0.25) is 0 Å². The highest BCUT2D eigenvalue weighted by Crippen LogP contribution is 2.05. The topological polar surface area (TPSA) is 47.6 Å². The van der Waals surface area contributed by atoms with E-state index < -0.39 is 0 Å². The highest BCUT2D eigenvalue weighted by Gasteiger charge is 2.07. The maximum Gasteiger partial charge on any atom is 0.0852 e. The van der Waals surface area contributed by atoms with Gasteiger partial charge in [0.15, 0.2) is 0 Å². The SMILES string of the molecule is C=CC.CC(C)(C)OC/C=C\N=CN. The summed E-state index contributed by atoms with van der Waals surface area (Å²) in [5, 5.41) is 0. The average Bonchev–Trinajstić information content (AvgIpc) is 2.03. The van der Waals surface area contributed by atoms with Crippen molar-refractivity contribution in [1.82, 2.24) is 0 Å². The molecule has 3 nitrogen and oxygen atoms in total. The monoisotopic (exact) mass is 198 g/mol. The van der Waals surface area contributed by atoms with E-state index in [0.717, 1.165) is 0 Å². The van der Waals surface area contributed by atoms with Crippen LogP contribution in [0, 0.1) is 0 Å². The van der Waals surface area contributed by atoms with E-state index in [1.165, 1.54) is 6.34 Å². The molecule has 0 spiro atoms. The van der Waals surface area contributed by atoms with Crippen LogP contribution >= 0.6 is 0 Å². The van der Waals surface area contributed by atoms with Gasteiger partial charge in [-0.25, -0.2) is 4.99 Å². The molecule has 0 bridgehead atoms. The third kappa shape index (κ3) is 22.4. The number of ether oxygens (including phenoxy) is 1. The van der Waals surface area contributed by atoms with Gasteiger partial charge in [0.1, 0.15) is 0 Å². The molecular weight excluding hydrogens is 176 g/mol. The van der Waals surface area contributed by atoms with Crippen LogP contribution in [0.3, 0.4) is 0 Å². The van der Waals surface area contributed by atoms with Crippen LogP contribution in [0.1, 0.15) is 27.7 Å². The first-order chi connectivity index (χ1) is 6.47. The van der Waals surface area contributed by atoms with E-state index in [0.29, 0.717) is 6.61 Å². The zero-order chi connectivity index (χ0) is 11.4. The first-order valence-corrected chi connectivity index (χ1v) is 4.57. The molecule has 0 aromatic heterocycles. The van der Waals surface area contributed by atoms with Crippen molar-refractivity contribution >= 4 is 6.34 Å². The molecule has 0 aliphatic rings. The van der Waals surface area contributed by atoms with Crippen molar-refractivity contribution in [3.8, 4) is 0 Å². The molecular formula is C11H22N2O. The summed E-state index contributed by atoms with van der Waals surface area (Å²) in [6, 6.07) is 0. The van der Waals surface area contributed by atoms with Crippen molar-refractivity contribution in [3.05, 3.63) is 24.9 Å². The van der Waals surface area contributed by atoms with Crippen LogP contribution in [0.25, 0.3) is 0 Å². The van der Waals surface area contributed by atoms with Crippen molar-refractivity contribution < 1.29 is 4.74 Å². The van der Waals surface area contributed by atoms with Crippen molar-refractivity contribution in [2.24, 2.45) is 10.7 Å². The second kappa shape index (κ2) is 9.99. The van der Waals surface area contributed by atoms with E-state index in [2.05, 4.69) is 11.6 Å². The molecule has 2 N–H and O–H groups in total. The second-order valence-corrected chi connectivity index (χ2v) is 3.51. The third-order valence-corrected chi connectivity index (χ3v) is 0.890. The van der Waals surface area contributed by atoms with Gasteiger partial charge in [0, 0.05) is 6.20 Å². The van der Waals surface area contributed by atoms with Crippen LogP contribution in [-0.4, -0.2) is 18.5 Å². The molecule has 0 amide bonds. The minimum Gasteiger partial charge on any atom is -0.390 e. The molecule has 0 rings (SSSR count). The molecule has 3 heteroatoms. The van der Waals surface area contributed by atoms with Crippen LogP contribution in [0.4, 0.5) is 0 Å². The Hall–Kier alpha value is -1.09. The second-order valence-electron chi connectivity index (χ2n) is 3.51. The van der Waals surface area contributed by atoms with Crippen LogP contribution < -0.4 is 5.73 Å². The number of allylic oxidation sites excluding steroid dienone is 1. The van der Waals surface area contributed by atoms with Crippen LogP contribution in [-0.2, 0) is 4.74 Å². The summed E-state index contributed by atoms with van der Waals surface area (Å²) in [4.78, 5) is 3.68. The lowest BCUT2D eigenvalue weighted by atomic mass is 10.2. The van der Waals surface area contributed by atoms with Crippen LogP contribution in [0.5, 0.6) is 0 Å². The summed E-state index contributed by atoms with van der Waals surface area (Å²) in [7, 11) is 0. The fraction of sp³-hybridized carbons (Fsp3) is 0.545. The summed E-state index contributed by atoms with van der Waals surface area (Å²) in [5.41, 5.74) is 4.93. The van der Waals surface area contributed by atoms with E-state index in [1.54, 1.807) is 12.3 Å². The maximum absolute atomic E-state index is 5.37. The molecule has 0 aromatic carbocycles. The lowest BCUT2D eigenvalue weighted by Crippen LogP contribution is -2.18. The largest absolute Gasteiger partial charge is 0.390 e. The van der Waals surface area contributed by atoms with E-state index >= 15 is 0 Å². The number of nitrogens with two attached hydrogens (primary N) is 1. The Balaban J connectivity index is 0. The molecule has 0 saturated heterocycles. The minimum atomic E-state index is -0.0865. The van der Waals surface area contributed by atoms with Gasteiger partial charge in [0.05, 0.1) is 18.5 Å². The fourth-order valence-electron chi connectivity index (χ4n) is 0.452. The van der Waals surface area contributed by atoms with Crippen molar-refractivity contribution in [2.75, 3.05) is 6.61 Å². The molecule has 0 aliphatic carbocycles. The Morgan fingerprint density at radius 3 is 2.29 bits per heavy atom. The Kier molecular flexibility index (Phi) is 11.0. The molecule has 0 radical (unpaired) electrons. The summed E-state index contributed by atoms with van der Waals surface area (Å²) in [6.07, 6.45) is 6.42. The van der Waals surface area contributed by atoms with Gasteiger partial charge < -0.3 is 10.5 Å². The van der Waals surface area contributed by atoms with Gasteiger partial charge in [-0.1, -0.05) is 6.08 Å². The molecule has 0 heterocycles. The quantitative estimate of drug-likeness (QED) is 0.430. The Morgan fingerprint density at radius 2 is 1.93 bits per heavy atom. The minimum absolute atomic E-state index is 0.0865. The predicted molar refractivity (Wildman–Crippen MR) is 63.4 cm³/mol. The Bertz CT molecular complexity index is 178. The first kappa shape index (κ1) is 15.4. The maximum atomic E-state index is 5.37. The third-order valence-electron chi connectivity index (χ3n) is 0.890. The standard InChI is InChI=1S/C8H16N2O.C3H6/c1-8(2,3)11-6-4-5-10-7-9;1-3-2/h4-5,7H,6H2,1-3H3,(H2,9,10);3H,1H2,2H3/b5-4-;. The van der Waals surface area contributed by atoms with E-state index in [4.69, 9.17) is 10.5 Å². The van der Waals surface area contributed by atoms with Gasteiger partial charge in [-0.3, -0.25) is 0 Å². The van der Waals surface area contributed by atoms with Gasteiger partial charge in [0.25, 0.3) is 0 Å². The molecule has 82 valence electrons. The molecule has 0 aromatic rings. The average molecular weight is 198 g/mol. The van der Waals surface area contributed by atoms with Gasteiger partial charge >= 0.3 is 0 Å². The molecule has 14 heavy (non-hydrogen) atoms. The van der Waals surface area contributed by atoms with E-state index in [1.807, 2.05) is 33.8 Å². The zero-order valence-corrected chi connectivity index (χ0v) is 9.66. The summed E-state index contributed by atoms with van der Waals surface area (Å²) < 4.78 is 5.37. The normalized spacial score (nSPS) is 11.4. The summed E-state index contributed by atoms with van der Waals surface area (Å²) in [5.74, 6) is 0. The molecule has 0 saturated carbocycles. The van der Waals surface area contributed by atoms with Crippen molar-refractivity contribution in [3.63, 3.8) is 0 Å². The van der Waals surface area contributed by atoms with Gasteiger partial charge in [-0.2, -0.15) is 0 Å². The lowest BCUT2D eigenvalue weighted by molar-refractivity contribution is 0.0149. The highest BCUT2D eigenvalue weighted by molar-refractivity contribution is 5.52. The van der Waals surface area contributed by atoms with Crippen LogP contribution in [0.15, 0.2) is 29.9 Å². The van der Waals surface area contributed by atoms with Crippen molar-refractivity contribution in [2.45, 2.75) is 33.3 Å². The van der Waals surface area contributed by atoms with E-state index in [-0.39, 0.29) is 5.60 Å². The Morgan fingerprint density at radius 1 is 1.43 bits per heavy atom. The summed E-state index contributed by atoms with van der Waals surface area (Å²) >= 11 is 0. The highest BCUT2D eigenvalue weighted by atomic mass is 16.5. The van der Waals surface area contributed by atoms with Gasteiger partial charge in [0.2, 0.25) is 0 Å². The number of hydrogen-bond donors (Lipinski definition) is 1. The van der Waals surface area contributed by atoms with E-state index in [9.17, 15) is 0 Å². The van der Waals surface area contributed by atoms with Gasteiger partial charge in [-0.15, -0.1) is 6.58 Å².